The molecule has 0 bridgehead atoms. The average Bonchev–Trinajstić information content (AvgIpc) is 4.03. The normalized spacial score (nSPS) is 15.6. The smallest absolute Gasteiger partial charge is 0.205 e. The predicted molar refractivity (Wildman–Crippen MR) is 259 cm³/mol. The maximum atomic E-state index is 7.91. The first-order valence-electron chi connectivity index (χ1n) is 22.1. The van der Waals surface area contributed by atoms with Gasteiger partial charge >= 0.3 is 0 Å². The number of nitrogens with zero attached hydrogens (tertiary/aromatic N) is 2. The monoisotopic (exact) mass is 886 g/mol. The molecule has 0 unspecified atom stereocenters. The van der Waals surface area contributed by atoms with E-state index in [2.05, 4.69) is 192 Å². The van der Waals surface area contributed by atoms with E-state index >= 15 is 0 Å². The molecule has 0 saturated carbocycles. The highest BCUT2D eigenvalue weighted by atomic mass is 32.2. The molecule has 2 spiro atoms. The Balaban J connectivity index is 1.13. The lowest BCUT2D eigenvalue weighted by molar-refractivity contribution is 0.352. The van der Waals surface area contributed by atoms with E-state index in [0.29, 0.717) is 11.8 Å². The first-order valence-corrected chi connectivity index (χ1v) is 23.7. The molecule has 6 heterocycles. The zero-order valence-electron chi connectivity index (χ0n) is 35.0. The van der Waals surface area contributed by atoms with Crippen molar-refractivity contribution in [2.75, 3.05) is 9.80 Å². The quantitative estimate of drug-likeness (QED) is 0.170. The molecule has 0 radical (unpaired) electrons. The van der Waals surface area contributed by atoms with Crippen molar-refractivity contribution in [2.24, 2.45) is 0 Å². The summed E-state index contributed by atoms with van der Waals surface area (Å²) in [5, 5.41) is 0. The zero-order valence-corrected chi connectivity index (χ0v) is 36.6. The summed E-state index contributed by atoms with van der Waals surface area (Å²) in [5.41, 5.74) is 7.87. The Labute approximate surface area is 388 Å². The van der Waals surface area contributed by atoms with E-state index in [1.165, 1.54) is 0 Å². The van der Waals surface area contributed by atoms with Crippen LogP contribution in [0.2, 0.25) is 0 Å². The molecule has 2 aromatic heterocycles. The van der Waals surface area contributed by atoms with Crippen molar-refractivity contribution in [2.45, 2.75) is 30.4 Å². The molecule has 0 N–H and O–H groups in total. The van der Waals surface area contributed by atoms with Crippen LogP contribution in [0.4, 0.5) is 34.5 Å². The second-order valence-electron chi connectivity index (χ2n) is 17.1. The first kappa shape index (κ1) is 36.5. The molecular weight excluding hydrogens is 853 g/mol. The summed E-state index contributed by atoms with van der Waals surface area (Å²) in [6, 6.07) is 72.6. The van der Waals surface area contributed by atoms with Gasteiger partial charge in [0.1, 0.15) is 45.3 Å². The summed E-state index contributed by atoms with van der Waals surface area (Å²) in [6.07, 6.45) is 0. The van der Waals surface area contributed by atoms with E-state index in [9.17, 15) is 0 Å². The van der Waals surface area contributed by atoms with E-state index in [-0.39, 0.29) is 0 Å². The van der Waals surface area contributed by atoms with Gasteiger partial charge in [0, 0.05) is 65.1 Å². The molecule has 0 saturated heterocycles. The SMILES string of the molecule is c1ccc2c(c1)Oc1ccccc1C21c2cc(N3c4ccccc4Sc4ccccc43)oc2C2(c3ccccc3Oc3ccccc32)c2cc(N3c4ccccc4Sc4ccccc43)oc21. The van der Waals surface area contributed by atoms with Gasteiger partial charge in [-0.25, -0.2) is 0 Å². The van der Waals surface area contributed by atoms with Crippen LogP contribution in [-0.2, 0) is 10.8 Å². The number of ether oxygens (including phenoxy) is 2. The fraction of sp³-hybridized carbons (Fsp3) is 0.0345. The second kappa shape index (κ2) is 13.4. The minimum Gasteiger partial charge on any atom is -0.457 e. The Bertz CT molecular complexity index is 3210. The molecule has 0 atom stereocenters. The highest BCUT2D eigenvalue weighted by molar-refractivity contribution is 8.00. The van der Waals surface area contributed by atoms with Crippen LogP contribution in [0.5, 0.6) is 23.0 Å². The molecule has 8 heteroatoms. The Morgan fingerprint density at radius 1 is 0.303 bits per heavy atom. The van der Waals surface area contributed by atoms with Gasteiger partial charge in [-0.3, -0.25) is 9.80 Å². The zero-order chi connectivity index (χ0) is 43.1. The fourth-order valence-corrected chi connectivity index (χ4v) is 13.4. The number of anilines is 6. The highest BCUT2D eigenvalue weighted by Gasteiger charge is 2.64. The molecule has 0 amide bonds. The summed E-state index contributed by atoms with van der Waals surface area (Å²) in [4.78, 5) is 9.18. The van der Waals surface area contributed by atoms with Gasteiger partial charge in [-0.1, -0.05) is 145 Å². The van der Waals surface area contributed by atoms with Crippen molar-refractivity contribution in [3.05, 3.63) is 251 Å². The topological polar surface area (TPSA) is 51.2 Å². The summed E-state index contributed by atoms with van der Waals surface area (Å²) < 4.78 is 29.6. The van der Waals surface area contributed by atoms with Crippen LogP contribution in [0.15, 0.2) is 235 Å². The van der Waals surface area contributed by atoms with Gasteiger partial charge in [0.25, 0.3) is 0 Å². The van der Waals surface area contributed by atoms with Gasteiger partial charge in [-0.15, -0.1) is 0 Å². The lowest BCUT2D eigenvalue weighted by atomic mass is 9.54. The summed E-state index contributed by atoms with van der Waals surface area (Å²) >= 11 is 3.56. The molecule has 312 valence electrons. The van der Waals surface area contributed by atoms with Crippen LogP contribution in [0.1, 0.15) is 44.9 Å². The second-order valence-corrected chi connectivity index (χ2v) is 19.3. The fourth-order valence-electron chi connectivity index (χ4n) is 11.3. The number of rotatable bonds is 2. The van der Waals surface area contributed by atoms with Crippen molar-refractivity contribution in [1.82, 2.24) is 0 Å². The van der Waals surface area contributed by atoms with Crippen molar-refractivity contribution < 1.29 is 18.3 Å². The molecular formula is C58H34N2O4S2. The van der Waals surface area contributed by atoms with Gasteiger partial charge in [-0.05, 0) is 72.8 Å². The van der Waals surface area contributed by atoms with Gasteiger partial charge in [0.05, 0.1) is 22.7 Å². The maximum absolute atomic E-state index is 7.91. The number of benzene rings is 8. The number of fused-ring (bicyclic) bond motifs is 18. The molecule has 6 nitrogen and oxygen atoms in total. The average molecular weight is 887 g/mol. The molecule has 15 rings (SSSR count). The minimum atomic E-state index is -1.06. The van der Waals surface area contributed by atoms with E-state index in [4.69, 9.17) is 18.3 Å². The molecule has 4 aliphatic heterocycles. The van der Waals surface area contributed by atoms with Crippen LogP contribution in [-0.4, -0.2) is 0 Å². The maximum Gasteiger partial charge on any atom is 0.205 e. The van der Waals surface area contributed by atoms with Crippen molar-refractivity contribution in [3.63, 3.8) is 0 Å². The van der Waals surface area contributed by atoms with Crippen LogP contribution >= 0.6 is 23.5 Å². The van der Waals surface area contributed by atoms with Gasteiger partial charge in [0.15, 0.2) is 0 Å². The molecule has 1 aliphatic carbocycles. The van der Waals surface area contributed by atoms with Crippen LogP contribution in [0, 0.1) is 0 Å². The lowest BCUT2D eigenvalue weighted by Gasteiger charge is -2.48. The van der Waals surface area contributed by atoms with Gasteiger partial charge in [0.2, 0.25) is 11.8 Å². The molecule has 8 aromatic carbocycles. The predicted octanol–water partition coefficient (Wildman–Crippen LogP) is 16.0. The van der Waals surface area contributed by atoms with Gasteiger partial charge < -0.3 is 18.3 Å². The standard InChI is InChI=1S/C58H34N2O4S2/c1-9-25-45-35(17-1)57(36-18-2-10-26-46(36)61-45)39-33-53(59-41-21-5-13-29-49(41)65-50-30-14-6-22-42(50)59)64-56(39)58(37-19-3-11-27-47(37)62-48-28-12-4-20-38(48)58)40-34-54(63-55(40)57)60-43-23-7-15-31-51(43)66-52-32-16-8-24-44(52)60/h1-34H. The third-order valence-corrected chi connectivity index (χ3v) is 16.1. The van der Waals surface area contributed by atoms with Gasteiger partial charge in [-0.2, -0.15) is 0 Å². The summed E-state index contributed by atoms with van der Waals surface area (Å²) in [7, 11) is 0. The molecule has 66 heavy (non-hydrogen) atoms. The Morgan fingerprint density at radius 2 is 0.576 bits per heavy atom. The van der Waals surface area contributed by atoms with E-state index in [0.717, 1.165) is 110 Å². The number of hydrogen-bond acceptors (Lipinski definition) is 8. The number of furan rings is 2. The van der Waals surface area contributed by atoms with E-state index < -0.39 is 10.8 Å². The third kappa shape index (κ3) is 4.64. The molecule has 5 aliphatic rings. The van der Waals surface area contributed by atoms with Crippen molar-refractivity contribution >= 4 is 58.0 Å². The molecule has 10 aromatic rings. The van der Waals surface area contributed by atoms with Crippen LogP contribution in [0.3, 0.4) is 0 Å². The number of hydrogen-bond donors (Lipinski definition) is 0. The Kier molecular flexibility index (Phi) is 7.41. The van der Waals surface area contributed by atoms with Crippen molar-refractivity contribution in [3.8, 4) is 23.0 Å². The minimum absolute atomic E-state index is 0.697. The summed E-state index contributed by atoms with van der Waals surface area (Å²) in [6.45, 7) is 0. The largest absolute Gasteiger partial charge is 0.457 e. The lowest BCUT2D eigenvalue weighted by Crippen LogP contribution is -2.46. The van der Waals surface area contributed by atoms with Crippen LogP contribution in [0.25, 0.3) is 0 Å². The molecule has 0 fully saturated rings. The van der Waals surface area contributed by atoms with E-state index in [1.807, 2.05) is 24.3 Å². The van der Waals surface area contributed by atoms with Crippen LogP contribution < -0.4 is 19.3 Å². The Morgan fingerprint density at radius 3 is 0.894 bits per heavy atom. The summed E-state index contributed by atoms with van der Waals surface area (Å²) in [5.74, 6) is 6.00. The first-order chi connectivity index (χ1) is 32.7. The Hall–Kier alpha value is -7.78. The highest BCUT2D eigenvalue weighted by Crippen LogP contribution is 2.70. The number of para-hydroxylation sites is 8. The van der Waals surface area contributed by atoms with Crippen molar-refractivity contribution in [1.29, 1.82) is 0 Å². The van der Waals surface area contributed by atoms with E-state index in [1.54, 1.807) is 23.5 Å². The third-order valence-electron chi connectivity index (χ3n) is 13.8.